The number of hydrogen-bond acceptors (Lipinski definition) is 3. The molecule has 0 unspecified atom stereocenters. The second-order valence-electron chi connectivity index (χ2n) is 2.74. The highest BCUT2D eigenvalue weighted by Crippen LogP contribution is 2.15. The summed E-state index contributed by atoms with van der Waals surface area (Å²) in [6, 6.07) is 3.73. The molecule has 0 aliphatic carbocycles. The van der Waals surface area contributed by atoms with E-state index in [1.807, 2.05) is 0 Å². The minimum Gasteiger partial charge on any atom is -0.265 e. The molecule has 6 heteroatoms. The van der Waals surface area contributed by atoms with E-state index in [1.165, 1.54) is 6.07 Å². The summed E-state index contributed by atoms with van der Waals surface area (Å²) in [6.07, 6.45) is 0.925. The van der Waals surface area contributed by atoms with Crippen molar-refractivity contribution in [1.29, 1.82) is 0 Å². The van der Waals surface area contributed by atoms with Gasteiger partial charge in [0.2, 0.25) is 0 Å². The molecule has 0 spiro atoms. The predicted molar refractivity (Wildman–Crippen MR) is 51.0 cm³/mol. The van der Waals surface area contributed by atoms with Crippen molar-refractivity contribution in [2.45, 2.75) is 6.61 Å². The predicted octanol–water partition coefficient (Wildman–Crippen LogP) is 1.96. The van der Waals surface area contributed by atoms with Gasteiger partial charge in [-0.25, -0.2) is 4.39 Å². The largest absolute Gasteiger partial charge is 0.265 e. The normalized spacial score (nSPS) is 11.6. The Bertz CT molecular complexity index is 410. The monoisotopic (exact) mass is 238 g/mol. The number of halogens is 2. The summed E-state index contributed by atoms with van der Waals surface area (Å²) in [7, 11) is -3.51. The van der Waals surface area contributed by atoms with E-state index in [0.717, 1.165) is 18.4 Å². The van der Waals surface area contributed by atoms with E-state index in [9.17, 15) is 12.8 Å². The second-order valence-corrected chi connectivity index (χ2v) is 4.82. The Morgan fingerprint density at radius 3 is 2.57 bits per heavy atom. The van der Waals surface area contributed by atoms with E-state index >= 15 is 0 Å². The molecule has 0 aliphatic rings. The summed E-state index contributed by atoms with van der Waals surface area (Å²) in [5, 5.41) is 0.206. The average Bonchev–Trinajstić information content (AvgIpc) is 1.97. The lowest BCUT2D eigenvalue weighted by Gasteiger charge is -2.02. The van der Waals surface area contributed by atoms with Crippen molar-refractivity contribution >= 4 is 21.7 Å². The van der Waals surface area contributed by atoms with E-state index < -0.39 is 15.9 Å². The topological polar surface area (TPSA) is 43.4 Å². The molecule has 0 amide bonds. The summed E-state index contributed by atoms with van der Waals surface area (Å²) >= 11 is 5.56. The first-order chi connectivity index (χ1) is 6.37. The van der Waals surface area contributed by atoms with E-state index in [4.69, 9.17) is 11.6 Å². The first kappa shape index (κ1) is 11.4. The molecule has 1 aromatic carbocycles. The van der Waals surface area contributed by atoms with Crippen LogP contribution in [0, 0.1) is 5.82 Å². The van der Waals surface area contributed by atoms with E-state index in [0.29, 0.717) is 5.56 Å². The SMILES string of the molecule is CS(=O)(=O)OCc1cc(F)cc(Cl)c1. The van der Waals surface area contributed by atoms with E-state index in [-0.39, 0.29) is 11.6 Å². The Hall–Kier alpha value is -0.650. The van der Waals surface area contributed by atoms with Gasteiger partial charge >= 0.3 is 0 Å². The fraction of sp³-hybridized carbons (Fsp3) is 0.250. The highest BCUT2D eigenvalue weighted by Gasteiger charge is 2.04. The Balaban J connectivity index is 2.78. The van der Waals surface area contributed by atoms with Crippen LogP contribution in [0.3, 0.4) is 0 Å². The van der Waals surface area contributed by atoms with Crippen molar-refractivity contribution in [3.63, 3.8) is 0 Å². The molecular weight excluding hydrogens is 231 g/mol. The van der Waals surface area contributed by atoms with Gasteiger partial charge < -0.3 is 0 Å². The van der Waals surface area contributed by atoms with Crippen LogP contribution in [0.1, 0.15) is 5.56 Å². The average molecular weight is 239 g/mol. The minimum absolute atomic E-state index is 0.206. The first-order valence-electron chi connectivity index (χ1n) is 3.66. The van der Waals surface area contributed by atoms with Gasteiger partial charge in [0.1, 0.15) is 5.82 Å². The summed E-state index contributed by atoms with van der Waals surface area (Å²) in [6.45, 7) is -0.212. The van der Waals surface area contributed by atoms with Crippen LogP contribution in [0.15, 0.2) is 18.2 Å². The maximum absolute atomic E-state index is 12.8. The Morgan fingerprint density at radius 1 is 1.43 bits per heavy atom. The Morgan fingerprint density at radius 2 is 2.07 bits per heavy atom. The van der Waals surface area contributed by atoms with Crippen molar-refractivity contribution in [2.75, 3.05) is 6.26 Å². The van der Waals surface area contributed by atoms with Crippen LogP contribution in [0.5, 0.6) is 0 Å². The van der Waals surface area contributed by atoms with Gasteiger partial charge in [0.05, 0.1) is 12.9 Å². The van der Waals surface area contributed by atoms with Crippen molar-refractivity contribution < 1.29 is 17.0 Å². The zero-order valence-electron chi connectivity index (χ0n) is 7.33. The smallest absolute Gasteiger partial charge is 0.264 e. The number of benzene rings is 1. The summed E-state index contributed by atoms with van der Waals surface area (Å²) in [4.78, 5) is 0. The van der Waals surface area contributed by atoms with Gasteiger partial charge in [-0.15, -0.1) is 0 Å². The Kier molecular flexibility index (Phi) is 3.47. The molecule has 0 bridgehead atoms. The van der Waals surface area contributed by atoms with Gasteiger partial charge in [-0.3, -0.25) is 4.18 Å². The third-order valence-corrected chi connectivity index (χ3v) is 2.13. The van der Waals surface area contributed by atoms with Crippen molar-refractivity contribution in [2.24, 2.45) is 0 Å². The van der Waals surface area contributed by atoms with Gasteiger partial charge in [0, 0.05) is 5.02 Å². The van der Waals surface area contributed by atoms with Gasteiger partial charge in [-0.1, -0.05) is 11.6 Å². The van der Waals surface area contributed by atoms with Gasteiger partial charge in [-0.2, -0.15) is 8.42 Å². The van der Waals surface area contributed by atoms with Crippen molar-refractivity contribution in [3.8, 4) is 0 Å². The van der Waals surface area contributed by atoms with Gasteiger partial charge in [0.25, 0.3) is 10.1 Å². The fourth-order valence-electron chi connectivity index (χ4n) is 0.869. The summed E-state index contributed by atoms with van der Waals surface area (Å²) in [5.74, 6) is -0.524. The molecule has 0 saturated carbocycles. The minimum atomic E-state index is -3.51. The zero-order valence-corrected chi connectivity index (χ0v) is 8.90. The highest BCUT2D eigenvalue weighted by molar-refractivity contribution is 7.85. The standard InChI is InChI=1S/C8H8ClFO3S/c1-14(11,12)13-5-6-2-7(9)4-8(10)3-6/h2-4H,5H2,1H3. The third-order valence-electron chi connectivity index (χ3n) is 1.36. The lowest BCUT2D eigenvalue weighted by Crippen LogP contribution is -2.02. The van der Waals surface area contributed by atoms with E-state index in [2.05, 4.69) is 4.18 Å². The van der Waals surface area contributed by atoms with Crippen LogP contribution in [0.25, 0.3) is 0 Å². The van der Waals surface area contributed by atoms with Crippen LogP contribution in [0.2, 0.25) is 5.02 Å². The molecule has 0 fully saturated rings. The molecular formula is C8H8ClFO3S. The van der Waals surface area contributed by atoms with Crippen LogP contribution in [-0.4, -0.2) is 14.7 Å². The molecule has 0 saturated heterocycles. The molecule has 0 aliphatic heterocycles. The summed E-state index contributed by atoms with van der Waals surface area (Å²) in [5.41, 5.74) is 0.375. The van der Waals surface area contributed by atoms with Crippen LogP contribution in [-0.2, 0) is 20.9 Å². The molecule has 14 heavy (non-hydrogen) atoms. The molecule has 0 radical (unpaired) electrons. The molecule has 0 aromatic heterocycles. The number of rotatable bonds is 3. The second kappa shape index (κ2) is 4.25. The van der Waals surface area contributed by atoms with Crippen LogP contribution >= 0.6 is 11.6 Å². The number of hydrogen-bond donors (Lipinski definition) is 0. The Labute approximate surface area is 86.6 Å². The molecule has 1 rings (SSSR count). The highest BCUT2D eigenvalue weighted by atomic mass is 35.5. The van der Waals surface area contributed by atoms with Crippen molar-refractivity contribution in [3.05, 3.63) is 34.6 Å². The fourth-order valence-corrected chi connectivity index (χ4v) is 1.46. The molecule has 0 N–H and O–H groups in total. The van der Waals surface area contributed by atoms with E-state index in [1.54, 1.807) is 0 Å². The van der Waals surface area contributed by atoms with Gasteiger partial charge in [-0.05, 0) is 23.8 Å². The van der Waals surface area contributed by atoms with Crippen LogP contribution in [0.4, 0.5) is 4.39 Å². The molecule has 0 atom stereocenters. The lowest BCUT2D eigenvalue weighted by molar-refractivity contribution is 0.311. The summed E-state index contributed by atoms with van der Waals surface area (Å²) < 4.78 is 38.5. The quantitative estimate of drug-likeness (QED) is 0.756. The van der Waals surface area contributed by atoms with Gasteiger partial charge in [0.15, 0.2) is 0 Å². The van der Waals surface area contributed by atoms with Crippen LogP contribution < -0.4 is 0 Å². The molecule has 1 aromatic rings. The lowest BCUT2D eigenvalue weighted by atomic mass is 10.2. The first-order valence-corrected chi connectivity index (χ1v) is 5.85. The third kappa shape index (κ3) is 4.04. The maximum Gasteiger partial charge on any atom is 0.264 e. The zero-order chi connectivity index (χ0) is 10.8. The molecule has 3 nitrogen and oxygen atoms in total. The molecule has 78 valence electrons. The van der Waals surface area contributed by atoms with Crippen molar-refractivity contribution in [1.82, 2.24) is 0 Å². The maximum atomic E-state index is 12.8. The molecule has 0 heterocycles.